The lowest BCUT2D eigenvalue weighted by Crippen LogP contribution is -2.66. The molecule has 7 aromatic carbocycles. The van der Waals surface area contributed by atoms with E-state index < -0.39 is 271 Å². The van der Waals surface area contributed by atoms with Crippen molar-refractivity contribution in [2.75, 3.05) is 60.0 Å². The quantitative estimate of drug-likeness (QED) is 0.0236. The number of aliphatic hydroxyl groups is 7. The van der Waals surface area contributed by atoms with Crippen molar-refractivity contribution in [3.05, 3.63) is 164 Å². The van der Waals surface area contributed by atoms with Crippen LogP contribution in [0.5, 0.6) is 69.0 Å². The molecule has 0 radical (unpaired) electrons. The molecular weight excluding hydrogens is 1790 g/mol. The van der Waals surface area contributed by atoms with Crippen molar-refractivity contribution < 1.29 is 137 Å². The smallest absolute Gasteiger partial charge is 0.337 e. The third-order valence-corrected chi connectivity index (χ3v) is 24.5. The molecule has 7 aromatic rings. The number of likely N-dealkylation sites (N-methyl/N-ethyl adjacent to an activating group) is 1. The first-order valence-corrected chi connectivity index (χ1v) is 44.9. The molecule has 17 bridgehead atoms. The Bertz CT molecular complexity index is 5430. The minimum absolute atomic E-state index is 0.114. The number of halogens is 2. The second-order valence-corrected chi connectivity index (χ2v) is 34.0. The van der Waals surface area contributed by atoms with Crippen LogP contribution in [0.1, 0.15) is 159 Å². The van der Waals surface area contributed by atoms with Crippen molar-refractivity contribution in [2.45, 2.75) is 200 Å². The molecule has 42 heteroatoms. The highest BCUT2D eigenvalue weighted by molar-refractivity contribution is 6.33. The number of carbonyl (C=O) groups is 9. The van der Waals surface area contributed by atoms with E-state index in [0.717, 1.165) is 132 Å². The maximum atomic E-state index is 16.9. The molecule has 134 heavy (non-hydrogen) atoms. The number of esters is 1. The van der Waals surface area contributed by atoms with Crippen molar-refractivity contribution >= 4 is 76.4 Å². The van der Waals surface area contributed by atoms with Crippen molar-refractivity contribution in [1.82, 2.24) is 58.5 Å². The van der Waals surface area contributed by atoms with E-state index in [2.05, 4.69) is 65.4 Å². The molecule has 2 saturated heterocycles. The maximum Gasteiger partial charge on any atom is 0.337 e. The van der Waals surface area contributed by atoms with Crippen LogP contribution in [0.3, 0.4) is 0 Å². The molecule has 2 fully saturated rings. The Kier molecular flexibility index (Phi) is 33.7. The molecular formula is C92H110Cl2N12O28. The van der Waals surface area contributed by atoms with Gasteiger partial charge in [-0.25, -0.2) is 4.79 Å². The first kappa shape index (κ1) is 99.5. The number of phenolic OH excluding ortho intramolecular Hbond substituents is 4. The number of rotatable bonds is 29. The molecule has 0 saturated carbocycles. The van der Waals surface area contributed by atoms with Gasteiger partial charge in [-0.2, -0.15) is 0 Å². The van der Waals surface area contributed by atoms with Gasteiger partial charge in [0.1, 0.15) is 131 Å². The number of benzene rings is 7. The number of aliphatic hydroxyl groups excluding tert-OH is 7. The summed E-state index contributed by atoms with van der Waals surface area (Å²) < 4.78 is 50.1. The lowest BCUT2D eigenvalue weighted by molar-refractivity contribution is -0.277. The highest BCUT2D eigenvalue weighted by atomic mass is 35.5. The molecule has 0 aromatic heterocycles. The largest absolute Gasteiger partial charge is 0.508 e. The predicted octanol–water partition coefficient (Wildman–Crippen LogP) is 3.37. The molecule has 720 valence electrons. The molecule has 0 aliphatic carbocycles. The summed E-state index contributed by atoms with van der Waals surface area (Å²) in [5, 5.41) is 158. The molecule has 0 spiro atoms. The third kappa shape index (κ3) is 23.3. The minimum Gasteiger partial charge on any atom is -0.508 e. The van der Waals surface area contributed by atoms with Gasteiger partial charge in [-0.1, -0.05) is 105 Å². The average Bonchev–Trinajstić information content (AvgIpc) is 0.755. The van der Waals surface area contributed by atoms with Gasteiger partial charge in [-0.15, -0.1) is 0 Å². The monoisotopic (exact) mass is 1900 g/mol. The summed E-state index contributed by atoms with van der Waals surface area (Å²) >= 11 is 14.4. The number of fused-ring (bicyclic) bond motifs is 14. The van der Waals surface area contributed by atoms with Crippen LogP contribution in [0, 0.1) is 0 Å². The van der Waals surface area contributed by atoms with Gasteiger partial charge in [0, 0.05) is 48.2 Å². The Labute approximate surface area is 778 Å². The number of unbranched alkanes of at least 4 members (excludes halogenated alkanes) is 7. The molecule has 24 N–H and O–H groups in total. The van der Waals surface area contributed by atoms with E-state index >= 15 is 28.8 Å². The van der Waals surface area contributed by atoms with Crippen molar-refractivity contribution in [2.24, 2.45) is 5.73 Å². The van der Waals surface area contributed by atoms with E-state index in [-0.39, 0.29) is 47.8 Å². The fraction of sp³-hybridized carbons (Fsp3) is 0.446. The van der Waals surface area contributed by atoms with Crippen LogP contribution < -0.4 is 87.9 Å². The summed E-state index contributed by atoms with van der Waals surface area (Å²) in [6.45, 7) is 3.83. The molecule has 40 nitrogen and oxygen atoms in total. The summed E-state index contributed by atoms with van der Waals surface area (Å²) in [6, 6.07) is 6.02. The van der Waals surface area contributed by atoms with E-state index in [4.69, 9.17) is 66.8 Å². The zero-order valence-corrected chi connectivity index (χ0v) is 74.7. The van der Waals surface area contributed by atoms with Crippen LogP contribution in [0.2, 0.25) is 10.0 Å². The molecule has 8 aliphatic heterocycles. The summed E-state index contributed by atoms with van der Waals surface area (Å²) in [5.74, 6) is -17.2. The first-order chi connectivity index (χ1) is 64.4. The number of amides is 8. The predicted molar refractivity (Wildman–Crippen MR) is 477 cm³/mol. The second kappa shape index (κ2) is 45.4. The van der Waals surface area contributed by atoms with Gasteiger partial charge in [-0.05, 0) is 172 Å². The minimum atomic E-state index is -2.44. The Morgan fingerprint density at radius 3 is 1.86 bits per heavy atom. The van der Waals surface area contributed by atoms with Gasteiger partial charge in [0.15, 0.2) is 29.1 Å². The number of aromatic hydroxyl groups is 4. The van der Waals surface area contributed by atoms with Crippen molar-refractivity contribution in [3.8, 4) is 80.1 Å². The van der Waals surface area contributed by atoms with Crippen LogP contribution in [0.15, 0.2) is 115 Å². The number of carbonyl (C=O) groups excluding carboxylic acids is 9. The lowest BCUT2D eigenvalue weighted by Gasteiger charge is -2.41. The van der Waals surface area contributed by atoms with Crippen molar-refractivity contribution in [3.63, 3.8) is 0 Å². The van der Waals surface area contributed by atoms with E-state index in [1.807, 2.05) is 0 Å². The number of ether oxygens (including phenoxy) is 8. The Morgan fingerprint density at radius 2 is 1.16 bits per heavy atom. The number of hydrogen-bond donors (Lipinski definition) is 23. The third-order valence-electron chi connectivity index (χ3n) is 23.8. The van der Waals surface area contributed by atoms with Gasteiger partial charge in [-0.3, -0.25) is 38.4 Å². The normalized spacial score (nSPS) is 25.1. The number of methoxy groups -OCH3 is 1. The second-order valence-electron chi connectivity index (χ2n) is 33.2. The molecule has 15 rings (SSSR count). The molecule has 8 heterocycles. The topological polar surface area (TPSA) is 608 Å². The van der Waals surface area contributed by atoms with Gasteiger partial charge in [0.05, 0.1) is 23.8 Å². The molecule has 8 amide bonds. The first-order valence-electron chi connectivity index (χ1n) is 44.1. The summed E-state index contributed by atoms with van der Waals surface area (Å²) in [7, 11) is 2.40. The standard InChI is InChI=1S/C92H110Cl2N12O28/c1-4-5-6-7-8-9-10-11-15-65(112)101-74-77(115)79(117)82(90(126)127-3)134-91(74)133-81-62-36-47-37-63(81)130-59-25-20-46(34-54(59)93)75(113)73-89(125)105-71(84(120)99-31-14-30-98-29-13-28-97-27-12-26-95)52-38-48(108)39-61(131-92-80(118)78(116)76(114)64(42-107)132-92)66(52)51-33-44(18-23-56(51)109)69(86(122)106-73)102-87(123)70(47)103-88(124)72-53-40-50(41-58(111)67(53)94)129-60-35-45(19-24-57(60)110)68(96-2)85(121)100-55(83(119)104-72)32-43-16-21-49(128-62)22-17-43/h16-25,33-41,55,64,68-80,82,91-92,96-98,107-111,113-118H,4-15,26-32,42,95H2,1-3H3,(H,99,120)(H,100,121)(H,101,112)(H,102,123)(H,103,124)(H,104,119)(H,105,125)(H,106,122)/t55-,64-,68-,69-,70-,71-,72+,73+,74-,75-,76-,77-,78+,79+,80+,82+,91-,92+/m1/s1. The van der Waals surface area contributed by atoms with Gasteiger partial charge >= 0.3 is 5.97 Å². The van der Waals surface area contributed by atoms with Crippen LogP contribution >= 0.6 is 23.2 Å². The zero-order valence-electron chi connectivity index (χ0n) is 73.2. The van der Waals surface area contributed by atoms with Gasteiger partial charge in [0.2, 0.25) is 65.6 Å². The van der Waals surface area contributed by atoms with Crippen LogP contribution in [-0.2, 0) is 63.8 Å². The molecule has 8 aliphatic rings. The van der Waals surface area contributed by atoms with Gasteiger partial charge in [0.25, 0.3) is 0 Å². The van der Waals surface area contributed by atoms with Gasteiger partial charge < -0.3 is 158 Å². The number of nitrogens with two attached hydrogens (primary N) is 1. The van der Waals surface area contributed by atoms with Crippen LogP contribution in [-0.4, -0.2) is 243 Å². The van der Waals surface area contributed by atoms with E-state index in [1.54, 1.807) is 0 Å². The average molecular weight is 1900 g/mol. The summed E-state index contributed by atoms with van der Waals surface area (Å²) in [6.07, 6.45) is -12.6. The Balaban J connectivity index is 1.02. The van der Waals surface area contributed by atoms with E-state index in [0.29, 0.717) is 44.6 Å². The number of hydrogen-bond acceptors (Lipinski definition) is 32. The van der Waals surface area contributed by atoms with Crippen LogP contribution in [0.25, 0.3) is 11.1 Å². The number of phenols is 4. The summed E-state index contributed by atoms with van der Waals surface area (Å²) in [4.78, 5) is 140. The SMILES string of the molecule is CCCCCCCCCCC(=O)N[C@H]1[C@H](Oc2c3cc4cc2Oc2ccc(cc2Cl)[C@@H](O)[C@@H]2NC(=O)[C@H](NC(=O)[C@@H]4NC(=O)[C@H]4NC(=O)[C@@H](Cc5ccc(cc5)O3)NC(=O)[C@H](NC)c3ccc(O)c(c3)Oc3cc(O)c(Cl)c4c3)c3ccc(O)c(c3)-c3c(O[C@H]4O[C@H](CO)[C@@H](O)[C@H](O)[C@@H]4O)cc(O)cc3[C@H](C(=O)NCCCNCCCNCCCN)NC2=O)O[C@H](C(=O)OC)[C@@H](O)[C@@H]1O. The molecule has 18 atom stereocenters. The highest BCUT2D eigenvalue weighted by Gasteiger charge is 2.52. The molecule has 0 unspecified atom stereocenters. The lowest BCUT2D eigenvalue weighted by atomic mass is 9.89. The fourth-order valence-corrected chi connectivity index (χ4v) is 17.0. The fourth-order valence-electron chi connectivity index (χ4n) is 16.5. The number of nitrogens with one attached hydrogen (secondary N) is 11. The van der Waals surface area contributed by atoms with Crippen molar-refractivity contribution in [1.29, 1.82) is 0 Å². The van der Waals surface area contributed by atoms with E-state index in [9.17, 15) is 70.6 Å². The van der Waals surface area contributed by atoms with E-state index in [1.165, 1.54) is 55.6 Å². The Hall–Kier alpha value is -12.0. The Morgan fingerprint density at radius 1 is 0.530 bits per heavy atom. The zero-order chi connectivity index (χ0) is 95.9. The summed E-state index contributed by atoms with van der Waals surface area (Å²) in [5.41, 5.74) is 3.02. The maximum absolute atomic E-state index is 16.9. The highest BCUT2D eigenvalue weighted by Crippen LogP contribution is 2.51. The van der Waals surface area contributed by atoms with Crippen LogP contribution in [0.4, 0.5) is 0 Å².